The maximum absolute atomic E-state index is 13.2. The first kappa shape index (κ1) is 13.1. The second-order valence-corrected chi connectivity index (χ2v) is 5.13. The molecule has 0 saturated heterocycles. The van der Waals surface area contributed by atoms with Gasteiger partial charge in [0.1, 0.15) is 0 Å². The fraction of sp³-hybridized carbons (Fsp3) is 0.231. The van der Waals surface area contributed by atoms with Crippen LogP contribution in [0.15, 0.2) is 30.3 Å². The number of hydrazine groups is 1. The minimum Gasteiger partial charge on any atom is -0.271 e. The lowest BCUT2D eigenvalue weighted by Crippen LogP contribution is -2.28. The lowest BCUT2D eigenvalue weighted by atomic mass is 10.1. The normalized spacial score (nSPS) is 12.7. The van der Waals surface area contributed by atoms with Gasteiger partial charge in [0.25, 0.3) is 0 Å². The Labute approximate surface area is 108 Å². The molecule has 2 aromatic rings. The summed E-state index contributed by atoms with van der Waals surface area (Å²) in [6.07, 6.45) is 0.944. The minimum atomic E-state index is -0.861. The van der Waals surface area contributed by atoms with Crippen molar-refractivity contribution in [3.63, 3.8) is 0 Å². The number of hydrogen-bond acceptors (Lipinski definition) is 3. The first-order valence-electron chi connectivity index (χ1n) is 5.65. The molecule has 2 nitrogen and oxygen atoms in total. The molecule has 0 bridgehead atoms. The summed E-state index contributed by atoms with van der Waals surface area (Å²) in [7, 11) is 0. The Hall–Kier alpha value is -1.30. The Balaban J connectivity index is 2.35. The van der Waals surface area contributed by atoms with Crippen molar-refractivity contribution in [2.24, 2.45) is 5.84 Å². The maximum atomic E-state index is 13.2. The molecule has 5 heteroatoms. The summed E-state index contributed by atoms with van der Waals surface area (Å²) < 4.78 is 26.1. The van der Waals surface area contributed by atoms with E-state index in [0.29, 0.717) is 5.56 Å². The molecule has 0 radical (unpaired) electrons. The smallest absolute Gasteiger partial charge is 0.159 e. The van der Waals surface area contributed by atoms with E-state index < -0.39 is 11.6 Å². The van der Waals surface area contributed by atoms with Crippen molar-refractivity contribution in [1.82, 2.24) is 5.43 Å². The molecule has 1 heterocycles. The highest BCUT2D eigenvalue weighted by Crippen LogP contribution is 2.29. The zero-order valence-corrected chi connectivity index (χ0v) is 10.7. The number of benzene rings is 1. The number of hydrogen-bond donors (Lipinski definition) is 2. The molecule has 2 rings (SSSR count). The van der Waals surface area contributed by atoms with Crippen molar-refractivity contribution in [2.45, 2.75) is 19.4 Å². The van der Waals surface area contributed by atoms with Crippen LogP contribution in [0.1, 0.15) is 28.3 Å². The lowest BCUT2D eigenvalue weighted by Gasteiger charge is -2.14. The molecule has 0 fully saturated rings. The average molecular weight is 268 g/mol. The van der Waals surface area contributed by atoms with E-state index in [-0.39, 0.29) is 6.04 Å². The second-order valence-electron chi connectivity index (χ2n) is 3.93. The van der Waals surface area contributed by atoms with E-state index in [9.17, 15) is 8.78 Å². The number of halogens is 2. The molecular weight excluding hydrogens is 254 g/mol. The average Bonchev–Trinajstić information content (AvgIpc) is 2.83. The van der Waals surface area contributed by atoms with Gasteiger partial charge in [0.05, 0.1) is 6.04 Å². The van der Waals surface area contributed by atoms with Gasteiger partial charge in [-0.15, -0.1) is 11.3 Å². The van der Waals surface area contributed by atoms with Crippen LogP contribution in [0.2, 0.25) is 0 Å². The molecule has 0 spiro atoms. The van der Waals surface area contributed by atoms with E-state index in [4.69, 9.17) is 5.84 Å². The molecule has 1 aromatic carbocycles. The molecule has 96 valence electrons. The van der Waals surface area contributed by atoms with Gasteiger partial charge in [0, 0.05) is 9.75 Å². The van der Waals surface area contributed by atoms with Crippen LogP contribution >= 0.6 is 11.3 Å². The number of rotatable bonds is 4. The van der Waals surface area contributed by atoms with Gasteiger partial charge in [-0.2, -0.15) is 0 Å². The summed E-state index contributed by atoms with van der Waals surface area (Å²) in [6.45, 7) is 2.07. The van der Waals surface area contributed by atoms with Crippen molar-refractivity contribution in [2.75, 3.05) is 0 Å². The highest BCUT2D eigenvalue weighted by molar-refractivity contribution is 7.12. The van der Waals surface area contributed by atoms with Crippen LogP contribution in [0, 0.1) is 11.6 Å². The van der Waals surface area contributed by atoms with Crippen LogP contribution in [0.25, 0.3) is 0 Å². The second kappa shape index (κ2) is 5.56. The highest BCUT2D eigenvalue weighted by atomic mass is 32.1. The molecule has 18 heavy (non-hydrogen) atoms. The fourth-order valence-electron chi connectivity index (χ4n) is 1.77. The number of nitrogens with two attached hydrogens (primary N) is 1. The molecule has 1 aromatic heterocycles. The molecule has 1 atom stereocenters. The minimum absolute atomic E-state index is 0.314. The predicted octanol–water partition coefficient (Wildman–Crippen LogP) is 3.14. The third-order valence-electron chi connectivity index (χ3n) is 2.76. The van der Waals surface area contributed by atoms with Crippen molar-refractivity contribution >= 4 is 11.3 Å². The molecule has 0 saturated carbocycles. The largest absolute Gasteiger partial charge is 0.271 e. The Morgan fingerprint density at radius 1 is 1.22 bits per heavy atom. The standard InChI is InChI=1S/C13H14F2N2S/c1-2-9-4-6-12(18-9)13(17-16)8-3-5-10(14)11(15)7-8/h3-7,13,17H,2,16H2,1H3. The predicted molar refractivity (Wildman–Crippen MR) is 69.2 cm³/mol. The molecule has 0 aliphatic rings. The van der Waals surface area contributed by atoms with Gasteiger partial charge in [-0.3, -0.25) is 5.84 Å². The van der Waals surface area contributed by atoms with Crippen LogP contribution in [-0.2, 0) is 6.42 Å². The van der Waals surface area contributed by atoms with Gasteiger partial charge in [-0.25, -0.2) is 14.2 Å². The number of aryl methyl sites for hydroxylation is 1. The van der Waals surface area contributed by atoms with Gasteiger partial charge in [-0.1, -0.05) is 13.0 Å². The molecular formula is C13H14F2N2S. The first-order chi connectivity index (χ1) is 8.65. The van der Waals surface area contributed by atoms with Gasteiger partial charge in [0.2, 0.25) is 0 Å². The van der Waals surface area contributed by atoms with Crippen LogP contribution in [0.5, 0.6) is 0 Å². The van der Waals surface area contributed by atoms with Gasteiger partial charge in [0.15, 0.2) is 11.6 Å². The summed E-state index contributed by atoms with van der Waals surface area (Å²) in [6, 6.07) is 7.48. The zero-order valence-electron chi connectivity index (χ0n) is 9.91. The van der Waals surface area contributed by atoms with Gasteiger partial charge in [-0.05, 0) is 36.2 Å². The van der Waals surface area contributed by atoms with Crippen LogP contribution < -0.4 is 11.3 Å². The van der Waals surface area contributed by atoms with E-state index in [0.717, 1.165) is 17.4 Å². The lowest BCUT2D eigenvalue weighted by molar-refractivity contribution is 0.504. The number of nitrogens with one attached hydrogen (secondary N) is 1. The third kappa shape index (κ3) is 2.58. The molecule has 3 N–H and O–H groups in total. The Morgan fingerprint density at radius 2 is 2.00 bits per heavy atom. The van der Waals surface area contributed by atoms with E-state index in [2.05, 4.69) is 12.3 Å². The Bertz CT molecular complexity index is 540. The summed E-state index contributed by atoms with van der Waals surface area (Å²) in [4.78, 5) is 2.22. The SMILES string of the molecule is CCc1ccc(C(NN)c2ccc(F)c(F)c2)s1. The number of thiophene rings is 1. The van der Waals surface area contributed by atoms with E-state index in [1.165, 1.54) is 17.0 Å². The highest BCUT2D eigenvalue weighted by Gasteiger charge is 2.16. The third-order valence-corrected chi connectivity index (χ3v) is 4.05. The van der Waals surface area contributed by atoms with Crippen molar-refractivity contribution in [3.8, 4) is 0 Å². The summed E-state index contributed by atoms with van der Waals surface area (Å²) >= 11 is 1.61. The Morgan fingerprint density at radius 3 is 2.56 bits per heavy atom. The van der Waals surface area contributed by atoms with E-state index in [1.807, 2.05) is 12.1 Å². The van der Waals surface area contributed by atoms with Crippen LogP contribution in [-0.4, -0.2) is 0 Å². The van der Waals surface area contributed by atoms with E-state index in [1.54, 1.807) is 11.3 Å². The zero-order chi connectivity index (χ0) is 13.1. The molecule has 1 unspecified atom stereocenters. The van der Waals surface area contributed by atoms with Crippen molar-refractivity contribution in [3.05, 3.63) is 57.3 Å². The van der Waals surface area contributed by atoms with Gasteiger partial charge < -0.3 is 0 Å². The van der Waals surface area contributed by atoms with Gasteiger partial charge >= 0.3 is 0 Å². The van der Waals surface area contributed by atoms with Crippen molar-refractivity contribution < 1.29 is 8.78 Å². The van der Waals surface area contributed by atoms with Crippen LogP contribution in [0.3, 0.4) is 0 Å². The van der Waals surface area contributed by atoms with Crippen molar-refractivity contribution in [1.29, 1.82) is 0 Å². The summed E-state index contributed by atoms with van der Waals surface area (Å²) in [5.74, 6) is 3.80. The molecule has 0 amide bonds. The van der Waals surface area contributed by atoms with E-state index >= 15 is 0 Å². The fourth-order valence-corrected chi connectivity index (χ4v) is 2.82. The summed E-state index contributed by atoms with van der Waals surface area (Å²) in [5.41, 5.74) is 3.25. The quantitative estimate of drug-likeness (QED) is 0.660. The molecule has 0 aliphatic carbocycles. The Kier molecular flexibility index (Phi) is 4.06. The monoisotopic (exact) mass is 268 g/mol. The first-order valence-corrected chi connectivity index (χ1v) is 6.47. The maximum Gasteiger partial charge on any atom is 0.159 e. The topological polar surface area (TPSA) is 38.0 Å². The van der Waals surface area contributed by atoms with Crippen LogP contribution in [0.4, 0.5) is 8.78 Å². The summed E-state index contributed by atoms with van der Waals surface area (Å²) in [5, 5.41) is 0. The molecule has 0 aliphatic heterocycles.